The highest BCUT2D eigenvalue weighted by Gasteiger charge is 2.23. The van der Waals surface area contributed by atoms with Crippen molar-refractivity contribution in [2.24, 2.45) is 11.3 Å². The molecule has 5 rings (SSSR count). The fourth-order valence-corrected chi connectivity index (χ4v) is 6.15. The molecule has 5 nitrogen and oxygen atoms in total. The molecule has 1 saturated carbocycles. The quantitative estimate of drug-likeness (QED) is 0.192. The van der Waals surface area contributed by atoms with Crippen molar-refractivity contribution in [3.63, 3.8) is 0 Å². The zero-order chi connectivity index (χ0) is 30.2. The third-order valence-electron chi connectivity index (χ3n) is 8.56. The van der Waals surface area contributed by atoms with Crippen molar-refractivity contribution in [3.05, 3.63) is 95.1 Å². The molecule has 0 radical (unpaired) electrons. The van der Waals surface area contributed by atoms with Gasteiger partial charge in [-0.2, -0.15) is 0 Å². The minimum absolute atomic E-state index is 0.0361. The van der Waals surface area contributed by atoms with Gasteiger partial charge in [0.05, 0.1) is 5.41 Å². The van der Waals surface area contributed by atoms with E-state index in [1.807, 2.05) is 32.9 Å². The first kappa shape index (κ1) is 30.9. The molecule has 0 bridgehead atoms. The van der Waals surface area contributed by atoms with Crippen LogP contribution in [0.25, 0.3) is 11.1 Å². The molecule has 228 valence electrons. The van der Waals surface area contributed by atoms with Crippen LogP contribution in [0.3, 0.4) is 0 Å². The minimum atomic E-state index is -0.561. The monoisotopic (exact) mass is 581 g/mol. The third kappa shape index (κ3) is 8.29. The normalized spacial score (nSPS) is 17.5. The van der Waals surface area contributed by atoms with Crippen molar-refractivity contribution in [1.82, 2.24) is 5.32 Å². The van der Waals surface area contributed by atoms with Crippen LogP contribution in [0.4, 0.5) is 0 Å². The summed E-state index contributed by atoms with van der Waals surface area (Å²) in [5, 5.41) is 3.59. The van der Waals surface area contributed by atoms with Crippen molar-refractivity contribution in [2.75, 3.05) is 13.3 Å². The average molecular weight is 582 g/mol. The van der Waals surface area contributed by atoms with E-state index in [1.54, 1.807) is 0 Å². The summed E-state index contributed by atoms with van der Waals surface area (Å²) in [7, 11) is 0. The number of hydrogen-bond donors (Lipinski definition) is 1. The lowest BCUT2D eigenvalue weighted by Crippen LogP contribution is -2.35. The summed E-state index contributed by atoms with van der Waals surface area (Å²) in [5.41, 5.74) is 7.06. The van der Waals surface area contributed by atoms with Gasteiger partial charge in [0.25, 0.3) is 0 Å². The van der Waals surface area contributed by atoms with Gasteiger partial charge < -0.3 is 14.2 Å². The fraction of sp³-hybridized carbons (Fsp3) is 0.447. The van der Waals surface area contributed by atoms with E-state index in [1.165, 1.54) is 54.4 Å². The van der Waals surface area contributed by atoms with Gasteiger partial charge in [0.15, 0.2) is 0 Å². The predicted molar refractivity (Wildman–Crippen MR) is 174 cm³/mol. The molecule has 1 unspecified atom stereocenters. The van der Waals surface area contributed by atoms with E-state index in [0.29, 0.717) is 5.75 Å². The second kappa shape index (κ2) is 14.3. The molecule has 0 heterocycles. The van der Waals surface area contributed by atoms with Crippen LogP contribution >= 0.6 is 0 Å². The number of carbonyl (C=O) groups excluding carboxylic acids is 1. The van der Waals surface area contributed by atoms with Crippen LogP contribution in [0.2, 0.25) is 0 Å². The van der Waals surface area contributed by atoms with Crippen molar-refractivity contribution in [3.8, 4) is 11.5 Å². The average Bonchev–Trinajstić information content (AvgIpc) is 3.02. The van der Waals surface area contributed by atoms with Crippen molar-refractivity contribution in [1.29, 1.82) is 0 Å². The second-order valence-corrected chi connectivity index (χ2v) is 13.0. The molecule has 43 heavy (non-hydrogen) atoms. The van der Waals surface area contributed by atoms with E-state index in [0.717, 1.165) is 48.6 Å². The Morgan fingerprint density at radius 3 is 2.16 bits per heavy atom. The van der Waals surface area contributed by atoms with E-state index in [-0.39, 0.29) is 19.0 Å². The van der Waals surface area contributed by atoms with E-state index < -0.39 is 5.41 Å². The topological polar surface area (TPSA) is 56.8 Å². The molecule has 0 amide bonds. The van der Waals surface area contributed by atoms with Crippen LogP contribution in [-0.4, -0.2) is 25.5 Å². The van der Waals surface area contributed by atoms with E-state index in [9.17, 15) is 4.79 Å². The van der Waals surface area contributed by atoms with Gasteiger partial charge in [-0.1, -0.05) is 67.8 Å². The van der Waals surface area contributed by atoms with Gasteiger partial charge in [0.2, 0.25) is 6.79 Å². The van der Waals surface area contributed by atoms with Crippen LogP contribution in [0.5, 0.6) is 11.5 Å². The number of esters is 1. The minimum Gasteiger partial charge on any atom is -0.476 e. The highest BCUT2D eigenvalue weighted by atomic mass is 16.7. The maximum atomic E-state index is 12.1. The predicted octanol–water partition coefficient (Wildman–Crippen LogP) is 8.80. The van der Waals surface area contributed by atoms with E-state index in [4.69, 9.17) is 14.2 Å². The summed E-state index contributed by atoms with van der Waals surface area (Å²) < 4.78 is 17.3. The van der Waals surface area contributed by atoms with Crippen LogP contribution in [0, 0.1) is 11.3 Å². The van der Waals surface area contributed by atoms with Crippen molar-refractivity contribution in [2.45, 2.75) is 85.3 Å². The van der Waals surface area contributed by atoms with Gasteiger partial charge >= 0.3 is 5.97 Å². The van der Waals surface area contributed by atoms with Gasteiger partial charge in [0, 0.05) is 6.54 Å². The highest BCUT2D eigenvalue weighted by molar-refractivity contribution is 5.99. The summed E-state index contributed by atoms with van der Waals surface area (Å²) in [6.45, 7) is 8.50. The third-order valence-corrected chi connectivity index (χ3v) is 8.56. The molecule has 5 heteroatoms. The van der Waals surface area contributed by atoms with Crippen molar-refractivity contribution >= 4 is 17.1 Å². The Morgan fingerprint density at radius 2 is 1.49 bits per heavy atom. The number of fused-ring (bicyclic) bond motifs is 1. The Labute approximate surface area is 257 Å². The number of carbonyl (C=O) groups is 1. The van der Waals surface area contributed by atoms with Gasteiger partial charge in [-0.05, 0) is 123 Å². The van der Waals surface area contributed by atoms with Crippen LogP contribution in [-0.2, 0) is 16.0 Å². The molecule has 2 aliphatic rings. The largest absolute Gasteiger partial charge is 0.476 e. The number of nitrogens with one attached hydrogen (secondary N) is 1. The van der Waals surface area contributed by atoms with E-state index >= 15 is 0 Å². The van der Waals surface area contributed by atoms with Gasteiger partial charge in [0.1, 0.15) is 17.7 Å². The Kier molecular flexibility index (Phi) is 10.2. The number of benzene rings is 3. The molecule has 2 aliphatic carbocycles. The molecule has 1 N–H and O–H groups in total. The molecule has 0 saturated heterocycles. The molecular formula is C38H47NO4. The number of allylic oxidation sites excluding steroid dienone is 1. The number of hydrogen-bond acceptors (Lipinski definition) is 5. The second-order valence-electron chi connectivity index (χ2n) is 13.0. The first-order valence-electron chi connectivity index (χ1n) is 16.0. The lowest BCUT2D eigenvalue weighted by molar-refractivity contribution is -0.159. The first-order chi connectivity index (χ1) is 20.8. The molecule has 1 fully saturated rings. The maximum Gasteiger partial charge on any atom is 0.314 e. The Bertz CT molecular complexity index is 1380. The fourth-order valence-electron chi connectivity index (χ4n) is 6.15. The number of aryl methyl sites for hydroxylation is 1. The standard InChI is InChI=1S/C38H47NO4/c1-27(39-25-28-11-6-5-7-12-28)43-33-23-19-31(20-24-33)36(35-16-10-14-29-13-8-9-15-34(29)35)30-17-21-32(22-18-30)41-26-42-37(40)38(2,3)4/h8-9,13,15,17-24,27-28,39H,5-7,10-12,14,16,25-26H2,1-4H3. The Hall–Kier alpha value is -3.57. The summed E-state index contributed by atoms with van der Waals surface area (Å²) >= 11 is 0. The first-order valence-corrected chi connectivity index (χ1v) is 16.0. The maximum absolute atomic E-state index is 12.1. The molecule has 0 aliphatic heterocycles. The molecule has 3 aromatic rings. The summed E-state index contributed by atoms with van der Waals surface area (Å²) in [6, 6.07) is 25.4. The number of ether oxygens (including phenoxy) is 3. The Balaban J connectivity index is 1.34. The zero-order valence-corrected chi connectivity index (χ0v) is 26.3. The van der Waals surface area contributed by atoms with Gasteiger partial charge in [-0.3, -0.25) is 10.1 Å². The zero-order valence-electron chi connectivity index (χ0n) is 26.3. The Morgan fingerprint density at radius 1 is 0.837 bits per heavy atom. The van der Waals surface area contributed by atoms with Crippen LogP contribution < -0.4 is 14.8 Å². The van der Waals surface area contributed by atoms with E-state index in [2.05, 4.69) is 72.9 Å². The molecule has 1 atom stereocenters. The summed E-state index contributed by atoms with van der Waals surface area (Å²) in [4.78, 5) is 12.1. The molecule has 0 aromatic heterocycles. The van der Waals surface area contributed by atoms with Crippen LogP contribution in [0.15, 0.2) is 72.8 Å². The smallest absolute Gasteiger partial charge is 0.314 e. The molecule has 0 spiro atoms. The lowest BCUT2D eigenvalue weighted by atomic mass is 9.81. The van der Waals surface area contributed by atoms with Gasteiger partial charge in [-0.15, -0.1) is 0 Å². The van der Waals surface area contributed by atoms with Crippen LogP contribution in [0.1, 0.15) is 94.9 Å². The summed E-state index contributed by atoms with van der Waals surface area (Å²) in [6.07, 6.45) is 9.96. The van der Waals surface area contributed by atoms with Crippen molar-refractivity contribution < 1.29 is 19.0 Å². The lowest BCUT2D eigenvalue weighted by Gasteiger charge is -2.25. The molecular weight excluding hydrogens is 534 g/mol. The molecule has 3 aromatic carbocycles. The summed E-state index contributed by atoms with van der Waals surface area (Å²) in [5.74, 6) is 2.02. The highest BCUT2D eigenvalue weighted by Crippen LogP contribution is 2.40. The van der Waals surface area contributed by atoms with Gasteiger partial charge in [-0.25, -0.2) is 0 Å². The SMILES string of the molecule is CC(NCC1CCCCC1)Oc1ccc(C(=C2CCCc3ccccc32)c2ccc(OCOC(=O)C(C)(C)C)cc2)cc1. The number of rotatable bonds is 10.